The molecule has 8 heteroatoms. The second-order valence-electron chi connectivity index (χ2n) is 8.12. The lowest BCUT2D eigenvalue weighted by molar-refractivity contribution is -0.142. The number of para-hydroxylation sites is 1. The molecule has 2 aliphatic rings. The minimum Gasteiger partial charge on any atom is -0.496 e. The van der Waals surface area contributed by atoms with Gasteiger partial charge in [-0.1, -0.05) is 32.0 Å². The topological polar surface area (TPSA) is 67.3 Å². The second-order valence-corrected chi connectivity index (χ2v) is 8.12. The molecule has 0 bridgehead atoms. The summed E-state index contributed by atoms with van der Waals surface area (Å²) in [5.41, 5.74) is -0.218. The molecule has 1 aromatic carbocycles. The molecular formula is C20H20F3N3O2. The first-order chi connectivity index (χ1) is 13.1. The molecule has 148 valence electrons. The van der Waals surface area contributed by atoms with Gasteiger partial charge in [0.15, 0.2) is 5.82 Å². The largest absolute Gasteiger partial charge is 0.496 e. The lowest BCUT2D eigenvalue weighted by atomic mass is 9.63. The van der Waals surface area contributed by atoms with Crippen LogP contribution >= 0.6 is 0 Å². The Balaban J connectivity index is 1.99. The number of aromatic amines is 1. The lowest BCUT2D eigenvalue weighted by Gasteiger charge is -2.40. The first-order valence-corrected chi connectivity index (χ1v) is 9.01. The number of carbonyl (C=O) groups excluding carboxylic acids is 1. The number of H-pyrrole nitrogens is 1. The zero-order valence-corrected chi connectivity index (χ0v) is 15.7. The minimum atomic E-state index is -4.63. The van der Waals surface area contributed by atoms with Crippen LogP contribution in [0, 0.1) is 11.3 Å². The van der Waals surface area contributed by atoms with Crippen LogP contribution in [0.3, 0.4) is 0 Å². The Labute approximate surface area is 160 Å². The first-order valence-electron chi connectivity index (χ1n) is 9.01. The number of rotatable bonds is 2. The minimum absolute atomic E-state index is 0.0000175. The van der Waals surface area contributed by atoms with Gasteiger partial charge in [-0.05, 0) is 17.9 Å². The monoisotopic (exact) mass is 391 g/mol. The predicted molar refractivity (Wildman–Crippen MR) is 97.0 cm³/mol. The van der Waals surface area contributed by atoms with E-state index in [1.807, 2.05) is 13.8 Å². The molecule has 0 saturated heterocycles. The SMILES string of the molecule is COc1ccccc1C1c2c(n[nH]c2C(F)(F)F)N=C2CC(C)(C)CC(=O)C21. The van der Waals surface area contributed by atoms with E-state index < -0.39 is 23.7 Å². The van der Waals surface area contributed by atoms with Gasteiger partial charge in [0.1, 0.15) is 17.2 Å². The van der Waals surface area contributed by atoms with Gasteiger partial charge in [0.2, 0.25) is 0 Å². The van der Waals surface area contributed by atoms with E-state index in [-0.39, 0.29) is 29.0 Å². The highest BCUT2D eigenvalue weighted by Gasteiger charge is 2.50. The Kier molecular flexibility index (Phi) is 4.13. The molecule has 28 heavy (non-hydrogen) atoms. The van der Waals surface area contributed by atoms with Crippen LogP contribution in [0.4, 0.5) is 19.0 Å². The van der Waals surface area contributed by atoms with Gasteiger partial charge in [-0.3, -0.25) is 9.89 Å². The summed E-state index contributed by atoms with van der Waals surface area (Å²) in [6.45, 7) is 3.92. The fraction of sp³-hybridized carbons (Fsp3) is 0.450. The smallest absolute Gasteiger partial charge is 0.433 e. The average molecular weight is 391 g/mol. The van der Waals surface area contributed by atoms with Crippen molar-refractivity contribution in [2.45, 2.75) is 38.8 Å². The highest BCUT2D eigenvalue weighted by Crippen LogP contribution is 2.52. The Hall–Kier alpha value is -2.64. The Morgan fingerprint density at radius 1 is 1.18 bits per heavy atom. The van der Waals surface area contributed by atoms with E-state index in [1.165, 1.54) is 7.11 Å². The van der Waals surface area contributed by atoms with Crippen molar-refractivity contribution in [2.75, 3.05) is 7.11 Å². The number of ether oxygens (including phenoxy) is 1. The Bertz CT molecular complexity index is 975. The highest BCUT2D eigenvalue weighted by atomic mass is 19.4. The number of hydrogen-bond acceptors (Lipinski definition) is 4. The van der Waals surface area contributed by atoms with Crippen molar-refractivity contribution >= 4 is 17.3 Å². The number of nitrogens with one attached hydrogen (secondary N) is 1. The number of benzene rings is 1. The first kappa shape index (κ1) is 18.7. The number of halogens is 3. The van der Waals surface area contributed by atoms with E-state index in [0.29, 0.717) is 23.4 Å². The number of nitrogens with zero attached hydrogens (tertiary/aromatic N) is 2. The summed E-state index contributed by atoms with van der Waals surface area (Å²) in [5, 5.41) is 5.94. The van der Waals surface area contributed by atoms with Crippen molar-refractivity contribution in [1.82, 2.24) is 10.2 Å². The van der Waals surface area contributed by atoms with Crippen LogP contribution in [-0.2, 0) is 11.0 Å². The van der Waals surface area contributed by atoms with Gasteiger partial charge in [-0.15, -0.1) is 0 Å². The van der Waals surface area contributed by atoms with Gasteiger partial charge in [-0.2, -0.15) is 18.3 Å². The Morgan fingerprint density at radius 3 is 2.57 bits per heavy atom. The number of Topliss-reactive ketones (excluding diaryl/α,β-unsaturated/α-hetero) is 1. The van der Waals surface area contributed by atoms with E-state index in [4.69, 9.17) is 4.74 Å². The van der Waals surface area contributed by atoms with Crippen molar-refractivity contribution in [3.8, 4) is 5.75 Å². The molecule has 0 amide bonds. The van der Waals surface area contributed by atoms with E-state index in [0.717, 1.165) is 0 Å². The highest BCUT2D eigenvalue weighted by molar-refractivity contribution is 6.11. The third kappa shape index (κ3) is 2.91. The maximum atomic E-state index is 13.7. The summed E-state index contributed by atoms with van der Waals surface area (Å²) in [5.74, 6) is -1.27. The fourth-order valence-electron chi connectivity index (χ4n) is 4.42. The quantitative estimate of drug-likeness (QED) is 0.810. The number of methoxy groups -OCH3 is 1. The van der Waals surface area contributed by atoms with Crippen LogP contribution in [-0.4, -0.2) is 28.8 Å². The molecule has 0 spiro atoms. The molecule has 2 heterocycles. The molecule has 1 aliphatic heterocycles. The van der Waals surface area contributed by atoms with Crippen molar-refractivity contribution in [1.29, 1.82) is 0 Å². The number of ketones is 1. The molecule has 1 aromatic heterocycles. The lowest BCUT2D eigenvalue weighted by Crippen LogP contribution is -2.42. The van der Waals surface area contributed by atoms with Gasteiger partial charge in [0.25, 0.3) is 0 Å². The molecule has 0 radical (unpaired) electrons. The molecule has 1 N–H and O–H groups in total. The zero-order valence-electron chi connectivity index (χ0n) is 15.7. The number of aromatic nitrogens is 2. The molecule has 2 aromatic rings. The van der Waals surface area contributed by atoms with Gasteiger partial charge in [0, 0.05) is 29.2 Å². The predicted octanol–water partition coefficient (Wildman–Crippen LogP) is 4.66. The summed E-state index contributed by atoms with van der Waals surface area (Å²) in [6, 6.07) is 6.86. The number of aliphatic imine (C=N–C) groups is 1. The van der Waals surface area contributed by atoms with Crippen LogP contribution in [0.5, 0.6) is 5.75 Å². The summed E-state index contributed by atoms with van der Waals surface area (Å²) >= 11 is 0. The summed E-state index contributed by atoms with van der Waals surface area (Å²) in [7, 11) is 1.46. The maximum Gasteiger partial charge on any atom is 0.433 e. The molecule has 2 atom stereocenters. The van der Waals surface area contributed by atoms with E-state index >= 15 is 0 Å². The van der Waals surface area contributed by atoms with Crippen LogP contribution < -0.4 is 4.74 Å². The van der Waals surface area contributed by atoms with Gasteiger partial charge in [-0.25, -0.2) is 4.99 Å². The van der Waals surface area contributed by atoms with Crippen molar-refractivity contribution in [3.63, 3.8) is 0 Å². The van der Waals surface area contributed by atoms with Crippen LogP contribution in [0.1, 0.15) is 49.4 Å². The fourth-order valence-corrected chi connectivity index (χ4v) is 4.42. The van der Waals surface area contributed by atoms with E-state index in [9.17, 15) is 18.0 Å². The number of carbonyl (C=O) groups is 1. The molecule has 1 aliphatic carbocycles. The zero-order chi connectivity index (χ0) is 20.3. The third-order valence-electron chi connectivity index (χ3n) is 5.45. The number of alkyl halides is 3. The van der Waals surface area contributed by atoms with Crippen molar-refractivity contribution < 1.29 is 22.7 Å². The molecule has 4 rings (SSSR count). The molecule has 5 nitrogen and oxygen atoms in total. The normalized spacial score (nSPS) is 23.6. The number of fused-ring (bicyclic) bond motifs is 2. The molecule has 2 unspecified atom stereocenters. The third-order valence-corrected chi connectivity index (χ3v) is 5.45. The van der Waals surface area contributed by atoms with Crippen molar-refractivity contribution in [3.05, 3.63) is 41.1 Å². The van der Waals surface area contributed by atoms with E-state index in [2.05, 4.69) is 15.2 Å². The van der Waals surface area contributed by atoms with Crippen molar-refractivity contribution in [2.24, 2.45) is 16.3 Å². The summed E-state index contributed by atoms with van der Waals surface area (Å²) in [4.78, 5) is 17.5. The van der Waals surface area contributed by atoms with Gasteiger partial charge < -0.3 is 4.74 Å². The summed E-state index contributed by atoms with van der Waals surface area (Å²) in [6.07, 6.45) is -3.82. The summed E-state index contributed by atoms with van der Waals surface area (Å²) < 4.78 is 46.5. The number of hydrogen-bond donors (Lipinski definition) is 1. The standard InChI is InChI=1S/C20H20F3N3O2/c1-19(2)8-11-15(12(27)9-19)14(10-6-4-5-7-13(10)28-3)16-17(20(21,22)23)25-26-18(16)24-11/h4-7,14-15H,8-9H2,1-3H3,(H,25,26). The Morgan fingerprint density at radius 2 is 1.89 bits per heavy atom. The average Bonchev–Trinajstić information content (AvgIpc) is 3.02. The molecule has 1 saturated carbocycles. The van der Waals surface area contributed by atoms with Gasteiger partial charge >= 0.3 is 6.18 Å². The second kappa shape index (κ2) is 6.18. The molecule has 1 fully saturated rings. The molecular weight excluding hydrogens is 371 g/mol. The van der Waals surface area contributed by atoms with Crippen LogP contribution in [0.15, 0.2) is 29.3 Å². The van der Waals surface area contributed by atoms with Crippen LogP contribution in [0.2, 0.25) is 0 Å². The van der Waals surface area contributed by atoms with E-state index in [1.54, 1.807) is 24.3 Å². The van der Waals surface area contributed by atoms with Crippen LogP contribution in [0.25, 0.3) is 0 Å². The maximum absolute atomic E-state index is 13.7. The van der Waals surface area contributed by atoms with Gasteiger partial charge in [0.05, 0.1) is 13.0 Å².